The van der Waals surface area contributed by atoms with E-state index in [1.165, 1.54) is 0 Å². The summed E-state index contributed by atoms with van der Waals surface area (Å²) in [6.07, 6.45) is 0. The minimum absolute atomic E-state index is 0.240. The zero-order valence-electron chi connectivity index (χ0n) is 12.0. The fourth-order valence-corrected chi connectivity index (χ4v) is 3.08. The van der Waals surface area contributed by atoms with Gasteiger partial charge in [0.15, 0.2) is 6.61 Å². The predicted molar refractivity (Wildman–Crippen MR) is 91.2 cm³/mol. The van der Waals surface area contributed by atoms with Gasteiger partial charge in [-0.3, -0.25) is 0 Å². The monoisotopic (exact) mass is 402 g/mol. The summed E-state index contributed by atoms with van der Waals surface area (Å²) in [7, 11) is 0. The van der Waals surface area contributed by atoms with E-state index in [9.17, 15) is 4.79 Å². The number of hydrogen-bond donors (Lipinski definition) is 0. The molecule has 2 aromatic rings. The van der Waals surface area contributed by atoms with Crippen molar-refractivity contribution >= 4 is 45.1 Å². The fourth-order valence-electron chi connectivity index (χ4n) is 1.93. The maximum absolute atomic E-state index is 11.9. The molecule has 0 saturated heterocycles. The van der Waals surface area contributed by atoms with Crippen LogP contribution in [0.1, 0.15) is 11.1 Å². The third kappa shape index (κ3) is 4.38. The lowest BCUT2D eigenvalue weighted by molar-refractivity contribution is -0.136. The van der Waals surface area contributed by atoms with Crippen molar-refractivity contribution in [2.75, 3.05) is 6.61 Å². The highest BCUT2D eigenvalue weighted by Gasteiger charge is 2.12. The molecule has 2 aromatic carbocycles. The number of carbonyl (C=O) groups is 1. The lowest BCUT2D eigenvalue weighted by Gasteiger charge is -2.12. The fraction of sp³-hybridized carbons (Fsp3) is 0.188. The molecule has 2 rings (SSSR count). The maximum atomic E-state index is 11.9. The van der Waals surface area contributed by atoms with Gasteiger partial charge in [-0.25, -0.2) is 4.79 Å². The molecule has 0 N–H and O–H groups in total. The Morgan fingerprint density at radius 3 is 2.36 bits per heavy atom. The molecule has 6 heteroatoms. The zero-order chi connectivity index (χ0) is 16.3. The molecule has 22 heavy (non-hydrogen) atoms. The van der Waals surface area contributed by atoms with Gasteiger partial charge in [0.05, 0.1) is 5.02 Å². The van der Waals surface area contributed by atoms with Crippen molar-refractivity contribution in [2.24, 2.45) is 0 Å². The van der Waals surface area contributed by atoms with E-state index in [-0.39, 0.29) is 6.61 Å². The molecule has 0 aromatic heterocycles. The number of benzene rings is 2. The van der Waals surface area contributed by atoms with Crippen molar-refractivity contribution in [2.45, 2.75) is 13.8 Å². The third-order valence-corrected chi connectivity index (χ3v) is 3.87. The Morgan fingerprint density at radius 2 is 1.77 bits per heavy atom. The number of hydrogen-bond acceptors (Lipinski definition) is 3. The molecule has 116 valence electrons. The van der Waals surface area contributed by atoms with Gasteiger partial charge >= 0.3 is 5.97 Å². The Balaban J connectivity index is 2.02. The molecular formula is C16H13BrCl2O3. The van der Waals surface area contributed by atoms with Crippen LogP contribution < -0.4 is 9.47 Å². The van der Waals surface area contributed by atoms with E-state index in [1.54, 1.807) is 18.2 Å². The highest BCUT2D eigenvalue weighted by atomic mass is 79.9. The molecule has 0 amide bonds. The molecule has 0 aliphatic rings. The molecule has 0 atom stereocenters. The minimum atomic E-state index is -0.500. The van der Waals surface area contributed by atoms with E-state index in [1.807, 2.05) is 26.0 Å². The summed E-state index contributed by atoms with van der Waals surface area (Å²) < 4.78 is 11.7. The molecule has 0 aliphatic heterocycles. The van der Waals surface area contributed by atoms with Crippen LogP contribution in [0.2, 0.25) is 10.0 Å². The van der Waals surface area contributed by atoms with Crippen LogP contribution >= 0.6 is 39.1 Å². The van der Waals surface area contributed by atoms with E-state index in [4.69, 9.17) is 32.7 Å². The molecular weight excluding hydrogens is 391 g/mol. The first-order chi connectivity index (χ1) is 10.4. The summed E-state index contributed by atoms with van der Waals surface area (Å²) in [4.78, 5) is 11.9. The van der Waals surface area contributed by atoms with Crippen molar-refractivity contribution in [3.8, 4) is 11.5 Å². The Bertz CT molecular complexity index is 694. The van der Waals surface area contributed by atoms with E-state index >= 15 is 0 Å². The summed E-state index contributed by atoms with van der Waals surface area (Å²) in [5.74, 6) is 0.422. The minimum Gasteiger partial charge on any atom is -0.480 e. The van der Waals surface area contributed by atoms with Crippen LogP contribution in [-0.4, -0.2) is 12.6 Å². The highest BCUT2D eigenvalue weighted by molar-refractivity contribution is 9.10. The number of carbonyl (C=O) groups excluding carboxylic acids is 1. The lowest BCUT2D eigenvalue weighted by Crippen LogP contribution is -2.18. The molecule has 0 bridgehead atoms. The first-order valence-electron chi connectivity index (χ1n) is 6.42. The van der Waals surface area contributed by atoms with Gasteiger partial charge in [0.25, 0.3) is 0 Å². The first kappa shape index (κ1) is 17.1. The van der Waals surface area contributed by atoms with Crippen molar-refractivity contribution in [1.82, 2.24) is 0 Å². The number of rotatable bonds is 4. The van der Waals surface area contributed by atoms with Crippen LogP contribution in [0, 0.1) is 13.8 Å². The van der Waals surface area contributed by atoms with E-state index < -0.39 is 5.97 Å². The van der Waals surface area contributed by atoms with Gasteiger partial charge in [0.1, 0.15) is 11.5 Å². The third-order valence-electron chi connectivity index (χ3n) is 2.88. The van der Waals surface area contributed by atoms with Crippen molar-refractivity contribution in [1.29, 1.82) is 0 Å². The molecule has 0 spiro atoms. The van der Waals surface area contributed by atoms with Gasteiger partial charge in [-0.2, -0.15) is 0 Å². The second kappa shape index (κ2) is 7.36. The quantitative estimate of drug-likeness (QED) is 0.509. The summed E-state index contributed by atoms with van der Waals surface area (Å²) in [5.41, 5.74) is 1.73. The standard InChI is InChI=1S/C16H13BrCl2O3/c1-9-5-11(17)6-10(2)16(9)22-15(20)8-21-14-4-3-12(18)7-13(14)19/h3-7H,8H2,1-2H3. The second-order valence-corrected chi connectivity index (χ2v) is 6.47. The van der Waals surface area contributed by atoms with Gasteiger partial charge < -0.3 is 9.47 Å². The van der Waals surface area contributed by atoms with Crippen LogP contribution in [-0.2, 0) is 4.79 Å². The number of esters is 1. The Morgan fingerprint density at radius 1 is 1.14 bits per heavy atom. The molecule has 0 unspecified atom stereocenters. The van der Waals surface area contributed by atoms with Gasteiger partial charge in [0.2, 0.25) is 0 Å². The smallest absolute Gasteiger partial charge is 0.349 e. The lowest BCUT2D eigenvalue weighted by atomic mass is 10.1. The van der Waals surface area contributed by atoms with Gasteiger partial charge in [-0.05, 0) is 55.3 Å². The van der Waals surface area contributed by atoms with Gasteiger partial charge in [0, 0.05) is 9.50 Å². The molecule has 0 saturated carbocycles. The highest BCUT2D eigenvalue weighted by Crippen LogP contribution is 2.29. The summed E-state index contributed by atoms with van der Waals surface area (Å²) in [6, 6.07) is 8.55. The topological polar surface area (TPSA) is 35.5 Å². The number of ether oxygens (including phenoxy) is 2. The SMILES string of the molecule is Cc1cc(Br)cc(C)c1OC(=O)COc1ccc(Cl)cc1Cl. The van der Waals surface area contributed by atoms with E-state index in [0.29, 0.717) is 21.5 Å². The Kier molecular flexibility index (Phi) is 5.73. The molecule has 0 radical (unpaired) electrons. The summed E-state index contributed by atoms with van der Waals surface area (Å²) in [6.45, 7) is 3.50. The van der Waals surface area contributed by atoms with Crippen LogP contribution in [0.3, 0.4) is 0 Å². The van der Waals surface area contributed by atoms with E-state index in [2.05, 4.69) is 15.9 Å². The molecule has 0 aliphatic carbocycles. The number of aryl methyl sites for hydroxylation is 2. The van der Waals surface area contributed by atoms with Gasteiger partial charge in [-0.1, -0.05) is 39.1 Å². The number of halogens is 3. The Hall–Kier alpha value is -1.23. The average Bonchev–Trinajstić information content (AvgIpc) is 2.42. The predicted octanol–water partition coefficient (Wildman–Crippen LogP) is 5.36. The zero-order valence-corrected chi connectivity index (χ0v) is 15.1. The van der Waals surface area contributed by atoms with Crippen LogP contribution in [0.5, 0.6) is 11.5 Å². The van der Waals surface area contributed by atoms with Gasteiger partial charge in [-0.15, -0.1) is 0 Å². The first-order valence-corrected chi connectivity index (χ1v) is 7.97. The largest absolute Gasteiger partial charge is 0.480 e. The van der Waals surface area contributed by atoms with Crippen molar-refractivity contribution in [3.63, 3.8) is 0 Å². The van der Waals surface area contributed by atoms with Crippen LogP contribution in [0.25, 0.3) is 0 Å². The van der Waals surface area contributed by atoms with Crippen LogP contribution in [0.4, 0.5) is 0 Å². The molecule has 3 nitrogen and oxygen atoms in total. The molecule has 0 heterocycles. The molecule has 0 fully saturated rings. The average molecular weight is 404 g/mol. The Labute approximate surface area is 147 Å². The van der Waals surface area contributed by atoms with Crippen LogP contribution in [0.15, 0.2) is 34.8 Å². The van der Waals surface area contributed by atoms with Crippen molar-refractivity contribution in [3.05, 3.63) is 56.0 Å². The normalized spacial score (nSPS) is 10.4. The summed E-state index contributed by atoms with van der Waals surface area (Å²) >= 11 is 15.2. The second-order valence-electron chi connectivity index (χ2n) is 4.71. The summed E-state index contributed by atoms with van der Waals surface area (Å²) in [5, 5.41) is 0.845. The maximum Gasteiger partial charge on any atom is 0.349 e. The van der Waals surface area contributed by atoms with E-state index in [0.717, 1.165) is 15.6 Å². The van der Waals surface area contributed by atoms with Crippen molar-refractivity contribution < 1.29 is 14.3 Å².